The molecule has 0 spiro atoms. The minimum Gasteiger partial charge on any atom is -0.353 e. The monoisotopic (exact) mass is 469 g/mol. The normalized spacial score (nSPS) is 14.3. The molecule has 6 nitrogen and oxygen atoms in total. The van der Waals surface area contributed by atoms with E-state index in [1.807, 2.05) is 44.2 Å². The zero-order valence-corrected chi connectivity index (χ0v) is 19.1. The van der Waals surface area contributed by atoms with Crippen LogP contribution in [-0.4, -0.2) is 47.0 Å². The van der Waals surface area contributed by atoms with Crippen LogP contribution in [0.3, 0.4) is 0 Å². The third-order valence-corrected chi connectivity index (χ3v) is 5.71. The number of hydrogen-bond donors (Lipinski definition) is 1. The SMILES string of the molecule is Cc1ccc(Nc2nc(C)cc(N3CCN(C(=O)Cc4cccc(C(F)(F)F)c4)CC3)n2)cc1. The first-order valence-corrected chi connectivity index (χ1v) is 11.1. The van der Waals surface area contributed by atoms with Gasteiger partial charge in [-0.15, -0.1) is 0 Å². The smallest absolute Gasteiger partial charge is 0.353 e. The quantitative estimate of drug-likeness (QED) is 0.585. The van der Waals surface area contributed by atoms with Gasteiger partial charge in [0.1, 0.15) is 5.82 Å². The van der Waals surface area contributed by atoms with E-state index < -0.39 is 11.7 Å². The fourth-order valence-corrected chi connectivity index (χ4v) is 3.86. The Labute approximate surface area is 196 Å². The summed E-state index contributed by atoms with van der Waals surface area (Å²) in [5, 5.41) is 3.23. The van der Waals surface area contributed by atoms with Gasteiger partial charge in [-0.3, -0.25) is 4.79 Å². The van der Waals surface area contributed by atoms with Crippen molar-refractivity contribution in [3.05, 3.63) is 77.0 Å². The lowest BCUT2D eigenvalue weighted by atomic mass is 10.1. The van der Waals surface area contributed by atoms with Gasteiger partial charge in [0, 0.05) is 43.6 Å². The molecule has 1 aliphatic rings. The van der Waals surface area contributed by atoms with Gasteiger partial charge in [0.05, 0.1) is 12.0 Å². The highest BCUT2D eigenvalue weighted by Gasteiger charge is 2.31. The fourth-order valence-electron chi connectivity index (χ4n) is 3.86. The summed E-state index contributed by atoms with van der Waals surface area (Å²) in [7, 11) is 0. The Balaban J connectivity index is 1.37. The number of aryl methyl sites for hydroxylation is 2. The zero-order valence-electron chi connectivity index (χ0n) is 19.1. The highest BCUT2D eigenvalue weighted by atomic mass is 19.4. The molecule has 9 heteroatoms. The lowest BCUT2D eigenvalue weighted by Crippen LogP contribution is -2.49. The molecule has 1 N–H and O–H groups in total. The molecule has 1 fully saturated rings. The minimum absolute atomic E-state index is 0.0544. The number of anilines is 3. The number of alkyl halides is 3. The van der Waals surface area contributed by atoms with Crippen molar-refractivity contribution in [3.63, 3.8) is 0 Å². The Kier molecular flexibility index (Phi) is 6.72. The highest BCUT2D eigenvalue weighted by molar-refractivity contribution is 5.79. The topological polar surface area (TPSA) is 61.4 Å². The van der Waals surface area contributed by atoms with Gasteiger partial charge in [-0.25, -0.2) is 4.98 Å². The summed E-state index contributed by atoms with van der Waals surface area (Å²) in [6, 6.07) is 14.8. The molecular formula is C25H26F3N5O. The van der Waals surface area contributed by atoms with Crippen LogP contribution in [0.1, 0.15) is 22.4 Å². The number of carbonyl (C=O) groups excluding carboxylic acids is 1. The predicted octanol–water partition coefficient (Wildman–Crippen LogP) is 4.75. The molecule has 3 aromatic rings. The van der Waals surface area contributed by atoms with Crippen LogP contribution in [0.15, 0.2) is 54.6 Å². The molecule has 2 aromatic carbocycles. The van der Waals surface area contributed by atoms with Gasteiger partial charge >= 0.3 is 6.18 Å². The van der Waals surface area contributed by atoms with Gasteiger partial charge in [-0.05, 0) is 37.6 Å². The molecule has 0 saturated carbocycles. The molecule has 1 aliphatic heterocycles. The fraction of sp³-hybridized carbons (Fsp3) is 0.320. The van der Waals surface area contributed by atoms with Crippen LogP contribution in [-0.2, 0) is 17.4 Å². The molecular weight excluding hydrogens is 443 g/mol. The summed E-state index contributed by atoms with van der Waals surface area (Å²) in [5.74, 6) is 1.09. The number of carbonyl (C=O) groups is 1. The molecule has 178 valence electrons. The van der Waals surface area contributed by atoms with E-state index in [-0.39, 0.29) is 12.3 Å². The minimum atomic E-state index is -4.42. The van der Waals surface area contributed by atoms with Crippen LogP contribution in [0.25, 0.3) is 0 Å². The maximum absolute atomic E-state index is 12.9. The summed E-state index contributed by atoms with van der Waals surface area (Å²) in [6.45, 7) is 6.03. The average molecular weight is 470 g/mol. The summed E-state index contributed by atoms with van der Waals surface area (Å²) in [4.78, 5) is 25.6. The van der Waals surface area contributed by atoms with Crippen LogP contribution >= 0.6 is 0 Å². The maximum atomic E-state index is 12.9. The van der Waals surface area contributed by atoms with E-state index in [0.717, 1.165) is 34.9 Å². The van der Waals surface area contributed by atoms with Gasteiger partial charge < -0.3 is 15.1 Å². The Morgan fingerprint density at radius 1 is 0.971 bits per heavy atom. The molecule has 4 rings (SSSR count). The standard InChI is InChI=1S/C25H26F3N5O/c1-17-6-8-21(9-7-17)30-24-29-18(2)14-22(31-24)32-10-12-33(13-11-32)23(34)16-19-4-3-5-20(15-19)25(26,27)28/h3-9,14-15H,10-13,16H2,1-2H3,(H,29,30,31). The number of hydrogen-bond acceptors (Lipinski definition) is 5. The van der Waals surface area contributed by atoms with E-state index in [1.54, 1.807) is 11.0 Å². The van der Waals surface area contributed by atoms with Gasteiger partial charge in [0.2, 0.25) is 11.9 Å². The van der Waals surface area contributed by atoms with E-state index in [9.17, 15) is 18.0 Å². The lowest BCUT2D eigenvalue weighted by molar-refractivity contribution is -0.138. The average Bonchev–Trinajstić information content (AvgIpc) is 2.80. The number of rotatable bonds is 5. The van der Waals surface area contributed by atoms with Crippen molar-refractivity contribution in [2.24, 2.45) is 0 Å². The van der Waals surface area contributed by atoms with E-state index in [0.29, 0.717) is 37.7 Å². The second-order valence-electron chi connectivity index (χ2n) is 8.42. The predicted molar refractivity (Wildman–Crippen MR) is 125 cm³/mol. The summed E-state index contributed by atoms with van der Waals surface area (Å²) in [5.41, 5.74) is 2.50. The molecule has 0 unspecified atom stereocenters. The van der Waals surface area contributed by atoms with E-state index >= 15 is 0 Å². The summed E-state index contributed by atoms with van der Waals surface area (Å²) in [6.07, 6.45) is -4.48. The van der Waals surface area contributed by atoms with Crippen LogP contribution in [0.5, 0.6) is 0 Å². The van der Waals surface area contributed by atoms with Gasteiger partial charge in [0.25, 0.3) is 0 Å². The zero-order chi connectivity index (χ0) is 24.3. The summed E-state index contributed by atoms with van der Waals surface area (Å²) >= 11 is 0. The van der Waals surface area contributed by atoms with Gasteiger partial charge in [-0.2, -0.15) is 18.2 Å². The van der Waals surface area contributed by atoms with Crippen molar-refractivity contribution in [1.29, 1.82) is 0 Å². The number of nitrogens with one attached hydrogen (secondary N) is 1. The number of aromatic nitrogens is 2. The maximum Gasteiger partial charge on any atom is 0.416 e. The van der Waals surface area contributed by atoms with Crippen LogP contribution < -0.4 is 10.2 Å². The van der Waals surface area contributed by atoms with Crippen molar-refractivity contribution in [2.45, 2.75) is 26.4 Å². The molecule has 1 amide bonds. The number of halogens is 3. The molecule has 0 atom stereocenters. The van der Waals surface area contributed by atoms with E-state index in [2.05, 4.69) is 20.2 Å². The Bertz CT molecular complexity index is 1160. The number of piperazine rings is 1. The molecule has 0 bridgehead atoms. The molecule has 1 saturated heterocycles. The number of amides is 1. The molecule has 1 aromatic heterocycles. The van der Waals surface area contributed by atoms with Crippen LogP contribution in [0.2, 0.25) is 0 Å². The molecule has 0 aliphatic carbocycles. The van der Waals surface area contributed by atoms with Crippen molar-refractivity contribution in [2.75, 3.05) is 36.4 Å². The van der Waals surface area contributed by atoms with E-state index in [4.69, 9.17) is 0 Å². The Morgan fingerprint density at radius 2 is 1.68 bits per heavy atom. The van der Waals surface area contributed by atoms with E-state index in [1.165, 1.54) is 6.07 Å². The van der Waals surface area contributed by atoms with Crippen LogP contribution in [0.4, 0.5) is 30.6 Å². The largest absolute Gasteiger partial charge is 0.416 e. The number of nitrogens with zero attached hydrogens (tertiary/aromatic N) is 4. The first kappa shape index (κ1) is 23.5. The van der Waals surface area contributed by atoms with Crippen LogP contribution in [0, 0.1) is 13.8 Å². The van der Waals surface area contributed by atoms with Gasteiger partial charge in [0.15, 0.2) is 0 Å². The first-order chi connectivity index (χ1) is 16.2. The molecule has 2 heterocycles. The van der Waals surface area contributed by atoms with Crippen molar-refractivity contribution < 1.29 is 18.0 Å². The van der Waals surface area contributed by atoms with Crippen molar-refractivity contribution in [1.82, 2.24) is 14.9 Å². The third kappa shape index (κ3) is 5.84. The lowest BCUT2D eigenvalue weighted by Gasteiger charge is -2.35. The first-order valence-electron chi connectivity index (χ1n) is 11.1. The second kappa shape index (κ2) is 9.70. The number of benzene rings is 2. The Morgan fingerprint density at radius 3 is 2.35 bits per heavy atom. The highest BCUT2D eigenvalue weighted by Crippen LogP contribution is 2.29. The van der Waals surface area contributed by atoms with Gasteiger partial charge in [-0.1, -0.05) is 35.9 Å². The second-order valence-corrected chi connectivity index (χ2v) is 8.42. The van der Waals surface area contributed by atoms with Crippen molar-refractivity contribution in [3.8, 4) is 0 Å². The third-order valence-electron chi connectivity index (χ3n) is 5.71. The Hall–Kier alpha value is -3.62. The molecule has 0 radical (unpaired) electrons. The summed E-state index contributed by atoms with van der Waals surface area (Å²) < 4.78 is 38.8. The molecule has 34 heavy (non-hydrogen) atoms. The van der Waals surface area contributed by atoms with Crippen molar-refractivity contribution >= 4 is 23.4 Å².